The Bertz CT molecular complexity index is 1440. The molecular weight excluding hydrogens is 513 g/mol. The van der Waals surface area contributed by atoms with Gasteiger partial charge in [-0.25, -0.2) is 14.2 Å². The Morgan fingerprint density at radius 2 is 1.95 bits per heavy atom. The van der Waals surface area contributed by atoms with Crippen LogP contribution < -0.4 is 9.47 Å². The summed E-state index contributed by atoms with van der Waals surface area (Å²) < 4.78 is 34.6. The van der Waals surface area contributed by atoms with Crippen molar-refractivity contribution < 1.29 is 28.5 Å². The number of hydrogen-bond donors (Lipinski definition) is 1. The van der Waals surface area contributed by atoms with Crippen LogP contribution in [0.5, 0.6) is 11.5 Å². The fourth-order valence-electron chi connectivity index (χ4n) is 5.67. The summed E-state index contributed by atoms with van der Waals surface area (Å²) in [6, 6.07) is 11.0. The Morgan fingerprint density at radius 3 is 2.65 bits per heavy atom. The normalized spacial score (nSPS) is 21.4. The van der Waals surface area contributed by atoms with E-state index in [0.717, 1.165) is 61.6 Å². The quantitative estimate of drug-likeness (QED) is 0.375. The van der Waals surface area contributed by atoms with Crippen molar-refractivity contribution >= 4 is 12.0 Å². The molecule has 9 heteroatoms. The Morgan fingerprint density at radius 1 is 1.15 bits per heavy atom. The number of nitrogens with zero attached hydrogens (tertiary/aromatic N) is 3. The third kappa shape index (κ3) is 5.36. The second kappa shape index (κ2) is 11.1. The highest BCUT2D eigenvalue weighted by molar-refractivity contribution is 5.91. The van der Waals surface area contributed by atoms with Crippen molar-refractivity contribution in [2.45, 2.75) is 64.5 Å². The van der Waals surface area contributed by atoms with Gasteiger partial charge < -0.3 is 23.9 Å². The summed E-state index contributed by atoms with van der Waals surface area (Å²) in [7, 11) is 0. The minimum absolute atomic E-state index is 0.135. The monoisotopic (exact) mass is 547 g/mol. The topological polar surface area (TPSA) is 86.0 Å². The number of aromatic nitrogens is 2. The smallest absolute Gasteiger partial charge is 0.331 e. The molecule has 0 bridgehead atoms. The lowest BCUT2D eigenvalue weighted by Crippen LogP contribution is -2.35. The van der Waals surface area contributed by atoms with Crippen LogP contribution in [0.1, 0.15) is 66.6 Å². The average Bonchev–Trinajstić information content (AvgIpc) is 3.50. The molecule has 4 heterocycles. The zero-order valence-corrected chi connectivity index (χ0v) is 22.8. The highest BCUT2D eigenvalue weighted by atomic mass is 19.1. The van der Waals surface area contributed by atoms with Crippen LogP contribution in [0, 0.1) is 12.7 Å². The number of benzene rings is 2. The number of halogens is 1. The molecule has 0 spiro atoms. The van der Waals surface area contributed by atoms with Crippen LogP contribution in [-0.4, -0.2) is 51.3 Å². The summed E-state index contributed by atoms with van der Waals surface area (Å²) in [6.07, 6.45) is 5.66. The first kappa shape index (κ1) is 26.5. The molecule has 0 aliphatic carbocycles. The van der Waals surface area contributed by atoms with Crippen molar-refractivity contribution in [3.63, 3.8) is 0 Å². The molecule has 0 saturated carbocycles. The first-order valence-electron chi connectivity index (χ1n) is 13.9. The Hall–Kier alpha value is -3.69. The third-order valence-electron chi connectivity index (χ3n) is 8.12. The predicted octanol–water partition coefficient (Wildman–Crippen LogP) is 5.46. The van der Waals surface area contributed by atoms with Crippen molar-refractivity contribution in [3.8, 4) is 11.5 Å². The van der Waals surface area contributed by atoms with Gasteiger partial charge in [0.05, 0.1) is 36.6 Å². The average molecular weight is 548 g/mol. The number of imidazole rings is 1. The molecule has 1 N–H and O–H groups in total. The second-order valence-corrected chi connectivity index (χ2v) is 10.9. The maximum absolute atomic E-state index is 14.6. The van der Waals surface area contributed by atoms with Crippen molar-refractivity contribution in [3.05, 3.63) is 82.2 Å². The number of rotatable bonds is 8. The van der Waals surface area contributed by atoms with E-state index in [4.69, 9.17) is 14.2 Å². The van der Waals surface area contributed by atoms with E-state index in [9.17, 15) is 14.3 Å². The van der Waals surface area contributed by atoms with E-state index in [1.54, 1.807) is 25.3 Å². The fourth-order valence-corrected chi connectivity index (χ4v) is 5.67. The Kier molecular flexibility index (Phi) is 7.33. The second-order valence-electron chi connectivity index (χ2n) is 10.9. The van der Waals surface area contributed by atoms with Gasteiger partial charge in [0.15, 0.2) is 11.5 Å². The van der Waals surface area contributed by atoms with Gasteiger partial charge in [-0.2, -0.15) is 0 Å². The first-order chi connectivity index (χ1) is 19.4. The van der Waals surface area contributed by atoms with E-state index in [1.165, 1.54) is 6.07 Å². The first-order valence-corrected chi connectivity index (χ1v) is 13.9. The van der Waals surface area contributed by atoms with Gasteiger partial charge in [-0.1, -0.05) is 18.2 Å². The highest BCUT2D eigenvalue weighted by Gasteiger charge is 2.33. The third-order valence-corrected chi connectivity index (χ3v) is 8.12. The molecule has 2 fully saturated rings. The van der Waals surface area contributed by atoms with Gasteiger partial charge in [0, 0.05) is 17.7 Å². The molecule has 1 aromatic heterocycles. The maximum atomic E-state index is 14.6. The molecule has 3 aliphatic heterocycles. The molecule has 2 aromatic carbocycles. The van der Waals surface area contributed by atoms with Gasteiger partial charge in [-0.3, -0.25) is 4.90 Å². The molecule has 0 radical (unpaired) electrons. The van der Waals surface area contributed by atoms with E-state index in [0.29, 0.717) is 36.1 Å². The van der Waals surface area contributed by atoms with Gasteiger partial charge in [-0.15, -0.1) is 0 Å². The van der Waals surface area contributed by atoms with Crippen LogP contribution in [0.2, 0.25) is 0 Å². The lowest BCUT2D eigenvalue weighted by atomic mass is 9.88. The molecule has 210 valence electrons. The molecule has 6 rings (SSSR count). The lowest BCUT2D eigenvalue weighted by molar-refractivity contribution is -0.132. The number of likely N-dealkylation sites (tertiary alicyclic amines) is 1. The van der Waals surface area contributed by atoms with Gasteiger partial charge in [-0.05, 0) is 82.0 Å². The molecule has 0 amide bonds. The van der Waals surface area contributed by atoms with Crippen molar-refractivity contribution in [2.24, 2.45) is 0 Å². The SMILES string of the molecule is C/C(=C\c1cnc(CN2CCC(c3cccc4c3OC(c3ccc(C)cc3F)O4)CC2)n1CC1CCO1)C(=O)O. The fraction of sp³-hybridized carbons (Fsp3) is 0.419. The molecule has 2 atom stereocenters. The molecule has 3 aliphatic rings. The van der Waals surface area contributed by atoms with E-state index < -0.39 is 12.3 Å². The summed E-state index contributed by atoms with van der Waals surface area (Å²) in [5.41, 5.74) is 3.42. The van der Waals surface area contributed by atoms with Crippen LogP contribution in [0.15, 0.2) is 48.2 Å². The highest BCUT2D eigenvalue weighted by Crippen LogP contribution is 2.47. The number of carboxylic acids is 1. The van der Waals surface area contributed by atoms with Crippen LogP contribution in [-0.2, 0) is 22.6 Å². The molecule has 2 unspecified atom stereocenters. The minimum Gasteiger partial charge on any atom is -0.478 e. The number of aliphatic carboxylic acids is 1. The molecule has 40 heavy (non-hydrogen) atoms. The summed E-state index contributed by atoms with van der Waals surface area (Å²) in [4.78, 5) is 18.5. The van der Waals surface area contributed by atoms with E-state index >= 15 is 0 Å². The number of fused-ring (bicyclic) bond motifs is 1. The summed E-state index contributed by atoms with van der Waals surface area (Å²) in [6.45, 7) is 7.34. The van der Waals surface area contributed by atoms with Crippen molar-refractivity contribution in [2.75, 3.05) is 19.7 Å². The van der Waals surface area contributed by atoms with Gasteiger partial charge >= 0.3 is 5.97 Å². The maximum Gasteiger partial charge on any atom is 0.331 e. The number of ether oxygens (including phenoxy) is 3. The van der Waals surface area contributed by atoms with Crippen LogP contribution in [0.25, 0.3) is 6.08 Å². The Labute approximate surface area is 233 Å². The summed E-state index contributed by atoms with van der Waals surface area (Å²) >= 11 is 0. The zero-order valence-electron chi connectivity index (χ0n) is 22.8. The molecule has 2 saturated heterocycles. The van der Waals surface area contributed by atoms with E-state index in [-0.39, 0.29) is 17.5 Å². The van der Waals surface area contributed by atoms with Crippen molar-refractivity contribution in [1.82, 2.24) is 14.5 Å². The Balaban J connectivity index is 1.13. The van der Waals surface area contributed by atoms with E-state index in [2.05, 4.69) is 20.5 Å². The van der Waals surface area contributed by atoms with Gasteiger partial charge in [0.1, 0.15) is 11.6 Å². The molecular formula is C31H34FN3O5. The lowest BCUT2D eigenvalue weighted by Gasteiger charge is -2.33. The van der Waals surface area contributed by atoms with E-state index in [1.807, 2.05) is 25.1 Å². The number of carboxylic acid groups (broad SMARTS) is 1. The minimum atomic E-state index is -0.937. The number of para-hydroxylation sites is 1. The summed E-state index contributed by atoms with van der Waals surface area (Å²) in [5, 5.41) is 9.35. The standard InChI is InChI=1S/C31H34FN3O5/c1-19-6-7-25(26(32)14-19)31-39-27-5-3-4-24(29(27)40-31)21-8-11-34(12-9-21)18-28-33-16-22(15-20(2)30(36)37)35(28)17-23-10-13-38-23/h3-7,14-16,21,23,31H,8-13,17-18H2,1-2H3,(H,36,37)/b20-15+. The summed E-state index contributed by atoms with van der Waals surface area (Å²) in [5.74, 6) is 1.32. The zero-order chi connectivity index (χ0) is 27.8. The molecule has 3 aromatic rings. The van der Waals surface area contributed by atoms with Crippen molar-refractivity contribution in [1.29, 1.82) is 0 Å². The van der Waals surface area contributed by atoms with Gasteiger partial charge in [0.25, 0.3) is 6.29 Å². The number of hydrogen-bond acceptors (Lipinski definition) is 6. The number of carbonyl (C=O) groups is 1. The molecule has 8 nitrogen and oxygen atoms in total. The van der Waals surface area contributed by atoms with Crippen LogP contribution in [0.3, 0.4) is 0 Å². The van der Waals surface area contributed by atoms with Gasteiger partial charge in [0.2, 0.25) is 0 Å². The van der Waals surface area contributed by atoms with Crippen LogP contribution in [0.4, 0.5) is 4.39 Å². The van der Waals surface area contributed by atoms with Crippen LogP contribution >= 0.6 is 0 Å². The largest absolute Gasteiger partial charge is 0.478 e. The number of piperidine rings is 1. The predicted molar refractivity (Wildman–Crippen MR) is 147 cm³/mol. The number of aryl methyl sites for hydroxylation is 1.